The van der Waals surface area contributed by atoms with Gasteiger partial charge in [0.25, 0.3) is 0 Å². The number of aromatic nitrogens is 2. The van der Waals surface area contributed by atoms with Gasteiger partial charge in [-0.05, 0) is 65.1 Å². The Hall–Kier alpha value is -0.580. The van der Waals surface area contributed by atoms with Gasteiger partial charge in [0.05, 0.1) is 5.69 Å². The molecule has 4 nitrogen and oxygen atoms in total. The Morgan fingerprint density at radius 3 is 2.52 bits per heavy atom. The third-order valence-corrected chi connectivity index (χ3v) is 5.21. The molecule has 0 aliphatic carbocycles. The monoisotopic (exact) mass is 312 g/mol. The summed E-state index contributed by atoms with van der Waals surface area (Å²) in [6.45, 7) is 9.34. The summed E-state index contributed by atoms with van der Waals surface area (Å²) in [4.78, 5) is 2.73. The zero-order valence-electron chi connectivity index (χ0n) is 13.6. The van der Waals surface area contributed by atoms with Gasteiger partial charge in [-0.1, -0.05) is 0 Å². The van der Waals surface area contributed by atoms with Crippen LogP contribution < -0.4 is 5.32 Å². The SMILES string of the molecule is Cc1nn(C)c(C)c1C1CCCN1CC1CCNCC1.Cl. The van der Waals surface area contributed by atoms with E-state index in [0.717, 1.165) is 5.92 Å². The van der Waals surface area contributed by atoms with Crippen LogP contribution in [-0.2, 0) is 7.05 Å². The summed E-state index contributed by atoms with van der Waals surface area (Å²) in [6, 6.07) is 0.610. The van der Waals surface area contributed by atoms with Crippen molar-refractivity contribution in [3.05, 3.63) is 17.0 Å². The molecule has 0 radical (unpaired) electrons. The quantitative estimate of drug-likeness (QED) is 0.931. The molecule has 1 atom stereocenters. The van der Waals surface area contributed by atoms with E-state index in [9.17, 15) is 0 Å². The third-order valence-electron chi connectivity index (χ3n) is 5.21. The first-order chi connectivity index (χ1) is 9.66. The maximum absolute atomic E-state index is 4.62. The first-order valence-electron chi connectivity index (χ1n) is 8.11. The van der Waals surface area contributed by atoms with E-state index in [1.54, 1.807) is 0 Å². The fourth-order valence-electron chi connectivity index (χ4n) is 4.04. The van der Waals surface area contributed by atoms with Crippen molar-refractivity contribution in [2.45, 2.75) is 45.6 Å². The van der Waals surface area contributed by atoms with Crippen molar-refractivity contribution in [3.8, 4) is 0 Å². The number of rotatable bonds is 3. The molecule has 2 saturated heterocycles. The summed E-state index contributed by atoms with van der Waals surface area (Å²) in [6.07, 6.45) is 5.32. The van der Waals surface area contributed by atoms with Gasteiger partial charge >= 0.3 is 0 Å². The van der Waals surface area contributed by atoms with Crippen LogP contribution in [0, 0.1) is 19.8 Å². The van der Waals surface area contributed by atoms with Crippen molar-refractivity contribution in [3.63, 3.8) is 0 Å². The van der Waals surface area contributed by atoms with Crippen LogP contribution in [0.15, 0.2) is 0 Å². The predicted molar refractivity (Wildman–Crippen MR) is 89.1 cm³/mol. The molecular weight excluding hydrogens is 284 g/mol. The third kappa shape index (κ3) is 3.43. The van der Waals surface area contributed by atoms with Gasteiger partial charge in [0.15, 0.2) is 0 Å². The predicted octanol–water partition coefficient (Wildman–Crippen LogP) is 2.60. The second-order valence-electron chi connectivity index (χ2n) is 6.55. The van der Waals surface area contributed by atoms with Crippen LogP contribution in [0.5, 0.6) is 0 Å². The second kappa shape index (κ2) is 7.12. The first-order valence-corrected chi connectivity index (χ1v) is 8.11. The normalized spacial score (nSPS) is 24.2. The number of nitrogens with zero attached hydrogens (tertiary/aromatic N) is 3. The van der Waals surface area contributed by atoms with Crippen LogP contribution in [0.25, 0.3) is 0 Å². The minimum absolute atomic E-state index is 0. The molecule has 2 fully saturated rings. The summed E-state index contributed by atoms with van der Waals surface area (Å²) in [5, 5.41) is 8.09. The molecule has 0 saturated carbocycles. The molecule has 3 rings (SSSR count). The van der Waals surface area contributed by atoms with E-state index in [-0.39, 0.29) is 12.4 Å². The molecule has 0 aromatic carbocycles. The second-order valence-corrected chi connectivity index (χ2v) is 6.55. The lowest BCUT2D eigenvalue weighted by atomic mass is 9.96. The molecule has 1 aromatic rings. The van der Waals surface area contributed by atoms with Gasteiger partial charge in [-0.2, -0.15) is 5.10 Å². The largest absolute Gasteiger partial charge is 0.317 e. The van der Waals surface area contributed by atoms with Gasteiger partial charge < -0.3 is 5.32 Å². The minimum atomic E-state index is 0. The Kier molecular flexibility index (Phi) is 5.69. The molecule has 5 heteroatoms. The number of aryl methyl sites for hydroxylation is 2. The standard InChI is InChI=1S/C16H28N4.ClH/c1-12-16(13(2)19(3)18-12)15-5-4-10-20(15)11-14-6-8-17-9-7-14;/h14-15,17H,4-11H2,1-3H3;1H. The highest BCUT2D eigenvalue weighted by Crippen LogP contribution is 2.36. The fourth-order valence-corrected chi connectivity index (χ4v) is 4.04. The van der Waals surface area contributed by atoms with E-state index < -0.39 is 0 Å². The molecule has 2 aliphatic heterocycles. The van der Waals surface area contributed by atoms with Gasteiger partial charge in [0.1, 0.15) is 0 Å². The summed E-state index contributed by atoms with van der Waals surface area (Å²) in [5.41, 5.74) is 4.08. The molecule has 2 aliphatic rings. The zero-order chi connectivity index (χ0) is 14.1. The molecule has 21 heavy (non-hydrogen) atoms. The highest BCUT2D eigenvalue weighted by atomic mass is 35.5. The van der Waals surface area contributed by atoms with Crippen LogP contribution in [0.3, 0.4) is 0 Å². The van der Waals surface area contributed by atoms with E-state index in [1.165, 1.54) is 68.8 Å². The lowest BCUT2D eigenvalue weighted by molar-refractivity contribution is 0.192. The average Bonchev–Trinajstić information content (AvgIpc) is 2.97. The van der Waals surface area contributed by atoms with Crippen molar-refractivity contribution in [1.29, 1.82) is 0 Å². The fraction of sp³-hybridized carbons (Fsp3) is 0.812. The van der Waals surface area contributed by atoms with Gasteiger partial charge in [-0.25, -0.2) is 0 Å². The molecule has 1 N–H and O–H groups in total. The maximum atomic E-state index is 4.62. The molecule has 1 unspecified atom stereocenters. The van der Waals surface area contributed by atoms with Crippen molar-refractivity contribution in [1.82, 2.24) is 20.0 Å². The van der Waals surface area contributed by atoms with Crippen molar-refractivity contribution in [2.24, 2.45) is 13.0 Å². The topological polar surface area (TPSA) is 33.1 Å². The molecule has 0 amide bonds. The molecule has 0 bridgehead atoms. The van der Waals surface area contributed by atoms with Crippen LogP contribution in [0.4, 0.5) is 0 Å². The Bertz CT molecular complexity index is 465. The van der Waals surface area contributed by atoms with Gasteiger partial charge in [-0.3, -0.25) is 9.58 Å². The highest BCUT2D eigenvalue weighted by Gasteiger charge is 2.31. The zero-order valence-corrected chi connectivity index (χ0v) is 14.4. The maximum Gasteiger partial charge on any atom is 0.0644 e. The molecule has 0 spiro atoms. The highest BCUT2D eigenvalue weighted by molar-refractivity contribution is 5.85. The van der Waals surface area contributed by atoms with E-state index in [4.69, 9.17) is 0 Å². The number of hydrogen-bond donors (Lipinski definition) is 1. The minimum Gasteiger partial charge on any atom is -0.317 e. The molecule has 3 heterocycles. The lowest BCUT2D eigenvalue weighted by Crippen LogP contribution is -2.36. The van der Waals surface area contributed by atoms with Gasteiger partial charge in [-0.15, -0.1) is 12.4 Å². The smallest absolute Gasteiger partial charge is 0.0644 e. The van der Waals surface area contributed by atoms with Gasteiger partial charge in [0.2, 0.25) is 0 Å². The Balaban J connectivity index is 0.00000161. The summed E-state index contributed by atoms with van der Waals surface area (Å²) in [5.74, 6) is 0.883. The summed E-state index contributed by atoms with van der Waals surface area (Å²) < 4.78 is 2.05. The molecular formula is C16H29ClN4. The average molecular weight is 313 g/mol. The van der Waals surface area contributed by atoms with Crippen LogP contribution >= 0.6 is 12.4 Å². The van der Waals surface area contributed by atoms with Crippen LogP contribution in [0.2, 0.25) is 0 Å². The van der Waals surface area contributed by atoms with Gasteiger partial charge in [0, 0.05) is 30.9 Å². The van der Waals surface area contributed by atoms with Crippen molar-refractivity contribution >= 4 is 12.4 Å². The Morgan fingerprint density at radius 1 is 1.19 bits per heavy atom. The van der Waals surface area contributed by atoms with E-state index in [2.05, 4.69) is 36.2 Å². The van der Waals surface area contributed by atoms with Crippen molar-refractivity contribution < 1.29 is 0 Å². The van der Waals surface area contributed by atoms with E-state index in [0.29, 0.717) is 6.04 Å². The van der Waals surface area contributed by atoms with Crippen LogP contribution in [-0.4, -0.2) is 40.9 Å². The van der Waals surface area contributed by atoms with E-state index in [1.807, 2.05) is 4.68 Å². The number of piperidine rings is 1. The summed E-state index contributed by atoms with van der Waals surface area (Å²) in [7, 11) is 2.07. The van der Waals surface area contributed by atoms with Crippen LogP contribution in [0.1, 0.15) is 48.7 Å². The van der Waals surface area contributed by atoms with Crippen molar-refractivity contribution in [2.75, 3.05) is 26.2 Å². The number of halogens is 1. The Labute approximate surface area is 134 Å². The molecule has 1 aromatic heterocycles. The summed E-state index contributed by atoms with van der Waals surface area (Å²) >= 11 is 0. The number of hydrogen-bond acceptors (Lipinski definition) is 3. The Morgan fingerprint density at radius 2 is 1.90 bits per heavy atom. The first kappa shape index (κ1) is 16.8. The molecule has 120 valence electrons. The number of likely N-dealkylation sites (tertiary alicyclic amines) is 1. The number of nitrogens with one attached hydrogen (secondary N) is 1. The lowest BCUT2D eigenvalue weighted by Gasteiger charge is -2.31. The van der Waals surface area contributed by atoms with E-state index >= 15 is 0 Å².